The molecule has 24 heavy (non-hydrogen) atoms. The first-order valence-corrected chi connectivity index (χ1v) is 11.0. The van der Waals surface area contributed by atoms with Crippen LogP contribution in [0.1, 0.15) is 36.2 Å². The van der Waals surface area contributed by atoms with Gasteiger partial charge in [-0.15, -0.1) is 0 Å². The van der Waals surface area contributed by atoms with E-state index >= 15 is 0 Å². The molecule has 1 atom stereocenters. The lowest BCUT2D eigenvalue weighted by Crippen LogP contribution is -2.43. The van der Waals surface area contributed by atoms with Crippen LogP contribution in [-0.2, 0) is 14.6 Å². The molecule has 1 saturated carbocycles. The fourth-order valence-corrected chi connectivity index (χ4v) is 5.58. The fourth-order valence-electron chi connectivity index (χ4n) is 3.06. The third-order valence-corrected chi connectivity index (χ3v) is 7.35. The highest BCUT2D eigenvalue weighted by molar-refractivity contribution is 7.99. The van der Waals surface area contributed by atoms with E-state index in [4.69, 9.17) is 0 Å². The Labute approximate surface area is 147 Å². The summed E-state index contributed by atoms with van der Waals surface area (Å²) in [5.41, 5.74) is 2.93. The number of aryl methyl sites for hydroxylation is 2. The zero-order valence-corrected chi connectivity index (χ0v) is 15.9. The van der Waals surface area contributed by atoms with Crippen molar-refractivity contribution in [1.29, 1.82) is 0 Å². The Hall–Kier alpha value is -1.15. The van der Waals surface area contributed by atoms with E-state index in [2.05, 4.69) is 9.97 Å². The molecule has 0 bridgehead atoms. The van der Waals surface area contributed by atoms with E-state index in [1.54, 1.807) is 0 Å². The van der Waals surface area contributed by atoms with Gasteiger partial charge in [0.15, 0.2) is 15.0 Å². The first kappa shape index (κ1) is 17.7. The van der Waals surface area contributed by atoms with Gasteiger partial charge in [-0.2, -0.15) is 0 Å². The van der Waals surface area contributed by atoms with Gasteiger partial charge in [-0.25, -0.2) is 18.4 Å². The number of rotatable bonds is 5. The van der Waals surface area contributed by atoms with E-state index in [-0.39, 0.29) is 35.2 Å². The molecule has 2 aliphatic rings. The molecule has 0 unspecified atom stereocenters. The van der Waals surface area contributed by atoms with Crippen molar-refractivity contribution in [3.05, 3.63) is 17.0 Å². The molecule has 0 N–H and O–H groups in total. The number of carbonyl (C=O) groups excluding carboxylic acids is 1. The van der Waals surface area contributed by atoms with Crippen molar-refractivity contribution >= 4 is 27.5 Å². The fraction of sp³-hybridized carbons (Fsp3) is 0.688. The summed E-state index contributed by atoms with van der Waals surface area (Å²) in [6, 6.07) is 0.0665. The smallest absolute Gasteiger partial charge is 0.233 e. The van der Waals surface area contributed by atoms with E-state index in [1.165, 1.54) is 11.8 Å². The van der Waals surface area contributed by atoms with Crippen LogP contribution in [0, 0.1) is 20.8 Å². The summed E-state index contributed by atoms with van der Waals surface area (Å²) in [6.07, 6.45) is 2.52. The van der Waals surface area contributed by atoms with Crippen molar-refractivity contribution in [3.63, 3.8) is 0 Å². The maximum Gasteiger partial charge on any atom is 0.233 e. The Morgan fingerprint density at radius 1 is 1.12 bits per heavy atom. The minimum atomic E-state index is -2.99. The van der Waals surface area contributed by atoms with Crippen LogP contribution in [0.5, 0.6) is 0 Å². The highest BCUT2D eigenvalue weighted by atomic mass is 32.2. The lowest BCUT2D eigenvalue weighted by molar-refractivity contribution is -0.130. The molecule has 2 fully saturated rings. The molecule has 0 radical (unpaired) electrons. The average molecular weight is 370 g/mol. The van der Waals surface area contributed by atoms with E-state index < -0.39 is 9.84 Å². The van der Waals surface area contributed by atoms with Crippen LogP contribution in [0.25, 0.3) is 0 Å². The summed E-state index contributed by atoms with van der Waals surface area (Å²) in [6.45, 7) is 5.87. The Bertz CT molecular complexity index is 737. The number of nitrogens with zero attached hydrogens (tertiary/aromatic N) is 3. The second-order valence-corrected chi connectivity index (χ2v) is 9.85. The van der Waals surface area contributed by atoms with Crippen LogP contribution in [0.2, 0.25) is 0 Å². The minimum absolute atomic E-state index is 0.00378. The highest BCUT2D eigenvalue weighted by Gasteiger charge is 2.41. The third-order valence-electron chi connectivity index (χ3n) is 4.77. The van der Waals surface area contributed by atoms with Crippen LogP contribution in [-0.4, -0.2) is 58.5 Å². The van der Waals surface area contributed by atoms with E-state index in [1.807, 2.05) is 25.7 Å². The van der Waals surface area contributed by atoms with Crippen molar-refractivity contribution in [2.24, 2.45) is 0 Å². The van der Waals surface area contributed by atoms with Gasteiger partial charge in [0, 0.05) is 23.5 Å². The third kappa shape index (κ3) is 3.91. The number of aromatic nitrogens is 2. The van der Waals surface area contributed by atoms with Gasteiger partial charge in [0.05, 0.1) is 17.3 Å². The predicted octanol–water partition coefficient (Wildman–Crippen LogP) is 1.67. The summed E-state index contributed by atoms with van der Waals surface area (Å²) in [5, 5.41) is 0.610. The van der Waals surface area contributed by atoms with E-state index in [0.29, 0.717) is 11.6 Å². The molecule has 6 nitrogen and oxygen atoms in total. The Morgan fingerprint density at radius 3 is 2.25 bits per heavy atom. The molecule has 1 aromatic rings. The molecule has 132 valence electrons. The Balaban J connectivity index is 1.67. The first-order chi connectivity index (χ1) is 11.3. The SMILES string of the molecule is Cc1nc(SCC(=O)N(C2CC2)[C@@H]2CCS(=O)(=O)C2)nc(C)c1C. The largest absolute Gasteiger partial charge is 0.335 e. The minimum Gasteiger partial charge on any atom is -0.335 e. The van der Waals surface area contributed by atoms with Gasteiger partial charge in [-0.3, -0.25) is 4.79 Å². The molecule has 0 spiro atoms. The van der Waals surface area contributed by atoms with Crippen molar-refractivity contribution in [3.8, 4) is 0 Å². The van der Waals surface area contributed by atoms with Crippen LogP contribution in [0.4, 0.5) is 0 Å². The molecule has 3 rings (SSSR count). The maximum absolute atomic E-state index is 12.7. The van der Waals surface area contributed by atoms with Crippen molar-refractivity contribution in [2.75, 3.05) is 17.3 Å². The number of sulfone groups is 1. The molecule has 1 amide bonds. The standard InChI is InChI=1S/C16H23N3O3S2/c1-10-11(2)17-16(18-12(10)3)23-8-15(20)19(13-4-5-13)14-6-7-24(21,22)9-14/h13-14H,4-9H2,1-3H3/t14-/m1/s1. The van der Waals surface area contributed by atoms with Crippen molar-refractivity contribution < 1.29 is 13.2 Å². The monoisotopic (exact) mass is 369 g/mol. The quantitative estimate of drug-likeness (QED) is 0.580. The van der Waals surface area contributed by atoms with Crippen LogP contribution in [0.3, 0.4) is 0 Å². The maximum atomic E-state index is 12.7. The van der Waals surface area contributed by atoms with Crippen molar-refractivity contribution in [1.82, 2.24) is 14.9 Å². The second-order valence-electron chi connectivity index (χ2n) is 6.68. The molecule has 8 heteroatoms. The van der Waals surface area contributed by atoms with E-state index in [0.717, 1.165) is 29.8 Å². The summed E-state index contributed by atoms with van der Waals surface area (Å²) in [5.74, 6) is 0.568. The van der Waals surface area contributed by atoms with Gasteiger partial charge in [0.2, 0.25) is 5.91 Å². The molecular weight excluding hydrogens is 346 g/mol. The summed E-state index contributed by atoms with van der Waals surface area (Å²) >= 11 is 1.33. The van der Waals surface area contributed by atoms with Gasteiger partial charge in [0.1, 0.15) is 0 Å². The average Bonchev–Trinajstić information content (AvgIpc) is 3.26. The van der Waals surface area contributed by atoms with Gasteiger partial charge in [-0.05, 0) is 45.6 Å². The van der Waals surface area contributed by atoms with Crippen LogP contribution >= 0.6 is 11.8 Å². The lowest BCUT2D eigenvalue weighted by Gasteiger charge is -2.28. The second kappa shape index (κ2) is 6.63. The summed E-state index contributed by atoms with van der Waals surface area (Å²) in [7, 11) is -2.99. The number of amides is 1. The Morgan fingerprint density at radius 2 is 1.75 bits per heavy atom. The number of hydrogen-bond donors (Lipinski definition) is 0. The van der Waals surface area contributed by atoms with Crippen LogP contribution in [0.15, 0.2) is 5.16 Å². The van der Waals surface area contributed by atoms with Gasteiger partial charge in [0.25, 0.3) is 0 Å². The zero-order chi connectivity index (χ0) is 17.5. The molecule has 2 heterocycles. The van der Waals surface area contributed by atoms with Gasteiger partial charge >= 0.3 is 0 Å². The van der Waals surface area contributed by atoms with Gasteiger partial charge < -0.3 is 4.90 Å². The van der Waals surface area contributed by atoms with Crippen LogP contribution < -0.4 is 0 Å². The molecule has 1 aliphatic carbocycles. The number of carbonyl (C=O) groups is 1. The number of thioether (sulfide) groups is 1. The summed E-state index contributed by atoms with van der Waals surface area (Å²) < 4.78 is 23.5. The molecule has 0 aromatic carbocycles. The van der Waals surface area contributed by atoms with Crippen molar-refractivity contribution in [2.45, 2.75) is 57.3 Å². The molecule has 1 aromatic heterocycles. The highest BCUT2D eigenvalue weighted by Crippen LogP contribution is 2.33. The lowest BCUT2D eigenvalue weighted by atomic mass is 10.2. The zero-order valence-electron chi connectivity index (χ0n) is 14.3. The first-order valence-electron chi connectivity index (χ1n) is 8.23. The molecule has 1 aliphatic heterocycles. The molecule has 1 saturated heterocycles. The summed E-state index contributed by atoms with van der Waals surface area (Å²) in [4.78, 5) is 23.4. The van der Waals surface area contributed by atoms with Gasteiger partial charge in [-0.1, -0.05) is 11.8 Å². The number of hydrogen-bond acceptors (Lipinski definition) is 6. The van der Waals surface area contributed by atoms with E-state index in [9.17, 15) is 13.2 Å². The topological polar surface area (TPSA) is 80.2 Å². The Kier molecular flexibility index (Phi) is 4.88. The normalized spacial score (nSPS) is 22.5. The predicted molar refractivity (Wildman–Crippen MR) is 93.9 cm³/mol. The molecular formula is C16H23N3O3S2.